The Kier molecular flexibility index (Phi) is 6.58. The van der Waals surface area contributed by atoms with Gasteiger partial charge in [0.05, 0.1) is 0 Å². The van der Waals surface area contributed by atoms with Crippen LogP contribution in [-0.4, -0.2) is 41.3 Å². The smallest absolute Gasteiger partial charge is 0.253 e. The molecule has 1 saturated heterocycles. The van der Waals surface area contributed by atoms with Crippen LogP contribution in [0.15, 0.2) is 48.8 Å². The number of pyridine rings is 1. The Morgan fingerprint density at radius 1 is 1.04 bits per heavy atom. The zero-order valence-electron chi connectivity index (χ0n) is 15.9. The van der Waals surface area contributed by atoms with Crippen LogP contribution >= 0.6 is 0 Å². The van der Waals surface area contributed by atoms with E-state index in [2.05, 4.69) is 34.6 Å². The number of nitrogens with zero attached hydrogens (tertiary/aromatic N) is 2. The van der Waals surface area contributed by atoms with E-state index in [-0.39, 0.29) is 11.8 Å². The second-order valence-electron chi connectivity index (χ2n) is 7.23. The summed E-state index contributed by atoms with van der Waals surface area (Å²) in [4.78, 5) is 29.3. The monoisotopic (exact) mass is 365 g/mol. The molecule has 5 nitrogen and oxygen atoms in total. The van der Waals surface area contributed by atoms with Crippen LogP contribution < -0.4 is 5.32 Å². The van der Waals surface area contributed by atoms with Crippen LogP contribution in [0.3, 0.4) is 0 Å². The maximum Gasteiger partial charge on any atom is 0.253 e. The third-order valence-corrected chi connectivity index (χ3v) is 5.16. The standard InChI is InChI=1S/C22H27N3O2/c1-17(26)24-13-6-18-2-4-19(5-3-18)16-20-9-14-25(15-10-20)22(27)21-7-11-23-12-8-21/h2-5,7-8,11-12,20H,6,9-10,13-16H2,1H3,(H,24,26). The van der Waals surface area contributed by atoms with E-state index in [1.807, 2.05) is 4.90 Å². The van der Waals surface area contributed by atoms with Crippen molar-refractivity contribution in [1.29, 1.82) is 0 Å². The first-order valence-electron chi connectivity index (χ1n) is 9.63. The maximum atomic E-state index is 12.5. The van der Waals surface area contributed by atoms with Gasteiger partial charge >= 0.3 is 0 Å². The van der Waals surface area contributed by atoms with E-state index in [1.54, 1.807) is 31.5 Å². The molecule has 1 aliphatic rings. The van der Waals surface area contributed by atoms with Gasteiger partial charge in [0.15, 0.2) is 0 Å². The third kappa shape index (κ3) is 5.64. The van der Waals surface area contributed by atoms with Gasteiger partial charge in [0.1, 0.15) is 0 Å². The number of hydrogen-bond acceptors (Lipinski definition) is 3. The summed E-state index contributed by atoms with van der Waals surface area (Å²) in [7, 11) is 0. The Morgan fingerprint density at radius 2 is 1.67 bits per heavy atom. The molecule has 1 fully saturated rings. The van der Waals surface area contributed by atoms with Gasteiger partial charge in [0.2, 0.25) is 5.91 Å². The van der Waals surface area contributed by atoms with E-state index in [4.69, 9.17) is 0 Å². The number of piperidine rings is 1. The Labute approximate surface area is 160 Å². The highest BCUT2D eigenvalue weighted by molar-refractivity contribution is 5.94. The van der Waals surface area contributed by atoms with Crippen LogP contribution in [0.25, 0.3) is 0 Å². The molecule has 1 aromatic carbocycles. The van der Waals surface area contributed by atoms with Crippen molar-refractivity contribution in [2.75, 3.05) is 19.6 Å². The van der Waals surface area contributed by atoms with Crippen LogP contribution in [0.5, 0.6) is 0 Å². The van der Waals surface area contributed by atoms with Gasteiger partial charge in [-0.3, -0.25) is 14.6 Å². The van der Waals surface area contributed by atoms with Gasteiger partial charge < -0.3 is 10.2 Å². The van der Waals surface area contributed by atoms with E-state index in [0.717, 1.165) is 44.3 Å². The lowest BCUT2D eigenvalue weighted by Crippen LogP contribution is -2.38. The molecule has 2 amide bonds. The molecule has 0 saturated carbocycles. The van der Waals surface area contributed by atoms with Crippen molar-refractivity contribution in [2.24, 2.45) is 5.92 Å². The largest absolute Gasteiger partial charge is 0.356 e. The lowest BCUT2D eigenvalue weighted by molar-refractivity contribution is -0.118. The van der Waals surface area contributed by atoms with Crippen molar-refractivity contribution in [1.82, 2.24) is 15.2 Å². The summed E-state index contributed by atoms with van der Waals surface area (Å²) in [5.41, 5.74) is 3.31. The van der Waals surface area contributed by atoms with E-state index in [9.17, 15) is 9.59 Å². The first-order chi connectivity index (χ1) is 13.1. The average molecular weight is 365 g/mol. The molecule has 1 aromatic heterocycles. The SMILES string of the molecule is CC(=O)NCCc1ccc(CC2CCN(C(=O)c3ccncc3)CC2)cc1. The molecule has 27 heavy (non-hydrogen) atoms. The van der Waals surface area contributed by atoms with Crippen LogP contribution in [0, 0.1) is 5.92 Å². The molecule has 2 aromatic rings. The van der Waals surface area contributed by atoms with Crippen molar-refractivity contribution in [3.8, 4) is 0 Å². The van der Waals surface area contributed by atoms with Gasteiger partial charge in [0, 0.05) is 44.5 Å². The van der Waals surface area contributed by atoms with Crippen molar-refractivity contribution in [3.05, 3.63) is 65.5 Å². The lowest BCUT2D eigenvalue weighted by Gasteiger charge is -2.32. The summed E-state index contributed by atoms with van der Waals surface area (Å²) < 4.78 is 0. The molecule has 1 aliphatic heterocycles. The highest BCUT2D eigenvalue weighted by Crippen LogP contribution is 2.23. The van der Waals surface area contributed by atoms with Crippen molar-refractivity contribution in [3.63, 3.8) is 0 Å². The summed E-state index contributed by atoms with van der Waals surface area (Å²) in [6.07, 6.45) is 7.33. The quantitative estimate of drug-likeness (QED) is 0.856. The second-order valence-corrected chi connectivity index (χ2v) is 7.23. The van der Waals surface area contributed by atoms with Gasteiger partial charge in [-0.25, -0.2) is 0 Å². The number of aromatic nitrogens is 1. The van der Waals surface area contributed by atoms with E-state index in [1.165, 1.54) is 11.1 Å². The van der Waals surface area contributed by atoms with Crippen LogP contribution in [0.4, 0.5) is 0 Å². The van der Waals surface area contributed by atoms with Crippen molar-refractivity contribution < 1.29 is 9.59 Å². The van der Waals surface area contributed by atoms with Gasteiger partial charge in [-0.1, -0.05) is 24.3 Å². The van der Waals surface area contributed by atoms with Gasteiger partial charge in [0.25, 0.3) is 5.91 Å². The number of nitrogens with one attached hydrogen (secondary N) is 1. The van der Waals surface area contributed by atoms with E-state index < -0.39 is 0 Å². The van der Waals surface area contributed by atoms with Crippen molar-refractivity contribution >= 4 is 11.8 Å². The molecule has 0 unspecified atom stereocenters. The molecule has 0 bridgehead atoms. The topological polar surface area (TPSA) is 62.3 Å². The number of amides is 2. The fourth-order valence-corrected chi connectivity index (χ4v) is 3.58. The van der Waals surface area contributed by atoms with Crippen LogP contribution in [0.1, 0.15) is 41.3 Å². The third-order valence-electron chi connectivity index (χ3n) is 5.16. The molecular weight excluding hydrogens is 338 g/mol. The van der Waals surface area contributed by atoms with Gasteiger partial charge in [-0.15, -0.1) is 0 Å². The molecule has 1 N–H and O–H groups in total. The summed E-state index contributed by atoms with van der Waals surface area (Å²) in [6, 6.07) is 12.2. The molecule has 3 rings (SSSR count). The molecule has 5 heteroatoms. The van der Waals surface area contributed by atoms with Crippen LogP contribution in [-0.2, 0) is 17.6 Å². The summed E-state index contributed by atoms with van der Waals surface area (Å²) in [5.74, 6) is 0.747. The number of likely N-dealkylation sites (tertiary alicyclic amines) is 1. The Morgan fingerprint density at radius 3 is 2.30 bits per heavy atom. The number of carbonyl (C=O) groups is 2. The lowest BCUT2D eigenvalue weighted by atomic mass is 9.89. The minimum Gasteiger partial charge on any atom is -0.356 e. The number of rotatable bonds is 6. The highest BCUT2D eigenvalue weighted by atomic mass is 16.2. The minimum absolute atomic E-state index is 0.0142. The Bertz CT molecular complexity index is 751. The number of hydrogen-bond donors (Lipinski definition) is 1. The normalized spacial score (nSPS) is 14.8. The second kappa shape index (κ2) is 9.31. The summed E-state index contributed by atoms with van der Waals surface area (Å²) in [5, 5.41) is 2.82. The zero-order chi connectivity index (χ0) is 19.1. The predicted molar refractivity (Wildman–Crippen MR) is 105 cm³/mol. The predicted octanol–water partition coefficient (Wildman–Crippen LogP) is 2.86. The molecule has 0 aliphatic carbocycles. The number of benzene rings is 1. The molecular formula is C22H27N3O2. The molecule has 2 heterocycles. The van der Waals surface area contributed by atoms with E-state index in [0.29, 0.717) is 12.5 Å². The van der Waals surface area contributed by atoms with Crippen molar-refractivity contribution in [2.45, 2.75) is 32.6 Å². The van der Waals surface area contributed by atoms with Crippen LogP contribution in [0.2, 0.25) is 0 Å². The Balaban J connectivity index is 1.45. The fraction of sp³-hybridized carbons (Fsp3) is 0.409. The molecule has 0 atom stereocenters. The Hall–Kier alpha value is -2.69. The van der Waals surface area contributed by atoms with Gasteiger partial charge in [-0.05, 0) is 54.9 Å². The molecule has 0 radical (unpaired) electrons. The maximum absolute atomic E-state index is 12.5. The van der Waals surface area contributed by atoms with Gasteiger partial charge in [-0.2, -0.15) is 0 Å². The first kappa shape index (κ1) is 19.1. The molecule has 0 spiro atoms. The summed E-state index contributed by atoms with van der Waals surface area (Å²) >= 11 is 0. The minimum atomic E-state index is 0.0142. The molecule has 142 valence electrons. The average Bonchev–Trinajstić information content (AvgIpc) is 2.70. The fourth-order valence-electron chi connectivity index (χ4n) is 3.58. The van der Waals surface area contributed by atoms with E-state index >= 15 is 0 Å². The number of carbonyl (C=O) groups excluding carboxylic acids is 2. The highest BCUT2D eigenvalue weighted by Gasteiger charge is 2.23. The first-order valence-corrected chi connectivity index (χ1v) is 9.63. The zero-order valence-corrected chi connectivity index (χ0v) is 15.9. The summed E-state index contributed by atoms with van der Waals surface area (Å²) in [6.45, 7) is 3.86.